The number of hydrogen-bond acceptors (Lipinski definition) is 4. The fourth-order valence-electron chi connectivity index (χ4n) is 2.34. The molecular formula is C13H18N4O. The Labute approximate surface area is 106 Å². The van der Waals surface area contributed by atoms with Crippen LogP contribution in [0.1, 0.15) is 36.2 Å². The van der Waals surface area contributed by atoms with Crippen molar-refractivity contribution in [2.24, 2.45) is 11.8 Å². The van der Waals surface area contributed by atoms with Crippen molar-refractivity contribution < 1.29 is 4.79 Å². The van der Waals surface area contributed by atoms with Crippen LogP contribution >= 0.6 is 0 Å². The molecular weight excluding hydrogens is 228 g/mol. The molecule has 2 fully saturated rings. The molecule has 0 bridgehead atoms. The predicted octanol–water partition coefficient (Wildman–Crippen LogP) is 1.44. The highest BCUT2D eigenvalue weighted by atomic mass is 16.2. The summed E-state index contributed by atoms with van der Waals surface area (Å²) in [5.41, 5.74) is 0.403. The Hall–Kier alpha value is -1.65. The maximum atomic E-state index is 12.1. The molecule has 2 N–H and O–H groups in total. The fraction of sp³-hybridized carbons (Fsp3) is 0.615. The van der Waals surface area contributed by atoms with Crippen molar-refractivity contribution >= 4 is 11.7 Å². The first-order valence-electron chi connectivity index (χ1n) is 6.60. The van der Waals surface area contributed by atoms with Crippen molar-refractivity contribution in [1.29, 1.82) is 0 Å². The molecule has 0 spiro atoms. The fourth-order valence-corrected chi connectivity index (χ4v) is 2.34. The van der Waals surface area contributed by atoms with Gasteiger partial charge in [0.15, 0.2) is 5.69 Å². The van der Waals surface area contributed by atoms with Gasteiger partial charge in [0.1, 0.15) is 5.82 Å². The van der Waals surface area contributed by atoms with E-state index in [0.29, 0.717) is 29.4 Å². The molecule has 96 valence electrons. The summed E-state index contributed by atoms with van der Waals surface area (Å²) in [6, 6.07) is 3.85. The number of aromatic nitrogens is 2. The third kappa shape index (κ3) is 2.44. The lowest BCUT2D eigenvalue weighted by Gasteiger charge is -2.17. The molecule has 1 amide bonds. The van der Waals surface area contributed by atoms with Gasteiger partial charge in [0.25, 0.3) is 5.91 Å². The summed E-state index contributed by atoms with van der Waals surface area (Å²) in [7, 11) is 1.78. The smallest absolute Gasteiger partial charge is 0.272 e. The maximum Gasteiger partial charge on any atom is 0.272 e. The maximum absolute atomic E-state index is 12.1. The summed E-state index contributed by atoms with van der Waals surface area (Å²) in [5, 5.41) is 13.9. The van der Waals surface area contributed by atoms with Crippen LogP contribution in [-0.2, 0) is 0 Å². The molecule has 5 nitrogen and oxygen atoms in total. The van der Waals surface area contributed by atoms with Gasteiger partial charge in [0.05, 0.1) is 0 Å². The van der Waals surface area contributed by atoms with Gasteiger partial charge in [-0.05, 0) is 49.7 Å². The lowest BCUT2D eigenvalue weighted by atomic mass is 10.1. The highest BCUT2D eigenvalue weighted by Gasteiger charge is 2.42. The monoisotopic (exact) mass is 246 g/mol. The molecule has 5 heteroatoms. The normalized spacial score (nSPS) is 18.8. The van der Waals surface area contributed by atoms with E-state index in [-0.39, 0.29) is 5.91 Å². The highest BCUT2D eigenvalue weighted by Crippen LogP contribution is 2.44. The summed E-state index contributed by atoms with van der Waals surface area (Å²) in [6.07, 6.45) is 5.02. The molecule has 1 heterocycles. The van der Waals surface area contributed by atoms with E-state index in [4.69, 9.17) is 0 Å². The average molecular weight is 246 g/mol. The van der Waals surface area contributed by atoms with Crippen molar-refractivity contribution in [2.45, 2.75) is 31.7 Å². The number of amides is 1. The number of nitrogens with one attached hydrogen (secondary N) is 2. The Morgan fingerprint density at radius 2 is 1.89 bits per heavy atom. The Balaban J connectivity index is 1.65. The van der Waals surface area contributed by atoms with Crippen LogP contribution in [0.5, 0.6) is 0 Å². The van der Waals surface area contributed by atoms with Gasteiger partial charge in [0.2, 0.25) is 0 Å². The summed E-state index contributed by atoms with van der Waals surface area (Å²) < 4.78 is 0. The second kappa shape index (κ2) is 4.55. The molecule has 2 saturated carbocycles. The molecule has 0 aromatic carbocycles. The van der Waals surface area contributed by atoms with E-state index in [1.165, 1.54) is 25.7 Å². The number of anilines is 1. The first-order chi connectivity index (χ1) is 8.78. The van der Waals surface area contributed by atoms with Crippen LogP contribution in [0.4, 0.5) is 5.82 Å². The van der Waals surface area contributed by atoms with E-state index in [1.807, 2.05) is 0 Å². The number of carbonyl (C=O) groups is 1. The summed E-state index contributed by atoms with van der Waals surface area (Å²) >= 11 is 0. The van der Waals surface area contributed by atoms with Crippen molar-refractivity contribution in [3.05, 3.63) is 17.8 Å². The lowest BCUT2D eigenvalue weighted by Crippen LogP contribution is -2.38. The van der Waals surface area contributed by atoms with E-state index in [2.05, 4.69) is 20.8 Å². The van der Waals surface area contributed by atoms with Crippen LogP contribution in [0.25, 0.3) is 0 Å². The largest absolute Gasteiger partial charge is 0.372 e. The molecule has 0 radical (unpaired) electrons. The highest BCUT2D eigenvalue weighted by molar-refractivity contribution is 5.92. The minimum Gasteiger partial charge on any atom is -0.372 e. The minimum atomic E-state index is -0.0889. The molecule has 2 aliphatic rings. The van der Waals surface area contributed by atoms with E-state index in [0.717, 1.165) is 0 Å². The Kier molecular flexibility index (Phi) is 2.89. The van der Waals surface area contributed by atoms with E-state index in [1.54, 1.807) is 19.2 Å². The third-order valence-corrected chi connectivity index (χ3v) is 3.71. The zero-order valence-electron chi connectivity index (χ0n) is 10.5. The molecule has 2 aliphatic carbocycles. The molecule has 0 aliphatic heterocycles. The Morgan fingerprint density at radius 1 is 1.22 bits per heavy atom. The van der Waals surface area contributed by atoms with Gasteiger partial charge < -0.3 is 10.6 Å². The number of hydrogen-bond donors (Lipinski definition) is 2. The van der Waals surface area contributed by atoms with Crippen molar-refractivity contribution in [1.82, 2.24) is 15.5 Å². The summed E-state index contributed by atoms with van der Waals surface area (Å²) in [6.45, 7) is 0. The van der Waals surface area contributed by atoms with Gasteiger partial charge in [-0.25, -0.2) is 0 Å². The van der Waals surface area contributed by atoms with Gasteiger partial charge in [-0.1, -0.05) is 0 Å². The Morgan fingerprint density at radius 3 is 2.33 bits per heavy atom. The molecule has 1 aromatic heterocycles. The van der Waals surface area contributed by atoms with E-state index in [9.17, 15) is 4.79 Å². The van der Waals surface area contributed by atoms with Gasteiger partial charge in [0, 0.05) is 13.1 Å². The molecule has 3 rings (SSSR count). The summed E-state index contributed by atoms with van der Waals surface area (Å²) in [4.78, 5) is 12.1. The molecule has 0 unspecified atom stereocenters. The topological polar surface area (TPSA) is 66.9 Å². The van der Waals surface area contributed by atoms with Crippen LogP contribution in [-0.4, -0.2) is 29.2 Å². The van der Waals surface area contributed by atoms with Gasteiger partial charge in [-0.2, -0.15) is 0 Å². The number of nitrogens with zero attached hydrogens (tertiary/aromatic N) is 2. The first kappa shape index (κ1) is 11.4. The molecule has 0 atom stereocenters. The van der Waals surface area contributed by atoms with Crippen LogP contribution in [0.2, 0.25) is 0 Å². The second-order valence-electron chi connectivity index (χ2n) is 5.23. The van der Waals surface area contributed by atoms with Gasteiger partial charge in [-0.3, -0.25) is 4.79 Å². The van der Waals surface area contributed by atoms with Gasteiger partial charge >= 0.3 is 0 Å². The van der Waals surface area contributed by atoms with Crippen molar-refractivity contribution in [2.75, 3.05) is 12.4 Å². The first-order valence-corrected chi connectivity index (χ1v) is 6.60. The standard InChI is InChI=1S/C13H18N4O/c1-14-11-7-6-10(16-17-11)13(18)15-12(8-2-3-8)9-4-5-9/h6-9,12H,2-5H2,1H3,(H,14,17)(H,15,18). The Bertz CT molecular complexity index is 425. The van der Waals surface area contributed by atoms with Crippen LogP contribution in [0, 0.1) is 11.8 Å². The third-order valence-electron chi connectivity index (χ3n) is 3.71. The van der Waals surface area contributed by atoms with Gasteiger partial charge in [-0.15, -0.1) is 10.2 Å². The zero-order valence-corrected chi connectivity index (χ0v) is 10.5. The summed E-state index contributed by atoms with van der Waals surface area (Å²) in [5.74, 6) is 1.98. The molecule has 0 saturated heterocycles. The molecule has 1 aromatic rings. The minimum absolute atomic E-state index is 0.0889. The van der Waals surface area contributed by atoms with E-state index >= 15 is 0 Å². The predicted molar refractivity (Wildman–Crippen MR) is 68.3 cm³/mol. The average Bonchev–Trinajstić information content (AvgIpc) is 3.29. The second-order valence-corrected chi connectivity index (χ2v) is 5.23. The van der Waals surface area contributed by atoms with E-state index < -0.39 is 0 Å². The SMILES string of the molecule is CNc1ccc(C(=O)NC(C2CC2)C2CC2)nn1. The number of carbonyl (C=O) groups excluding carboxylic acids is 1. The lowest BCUT2D eigenvalue weighted by molar-refractivity contribution is 0.0920. The zero-order chi connectivity index (χ0) is 12.5. The van der Waals surface area contributed by atoms with Crippen LogP contribution < -0.4 is 10.6 Å². The van der Waals surface area contributed by atoms with Crippen LogP contribution in [0.15, 0.2) is 12.1 Å². The van der Waals surface area contributed by atoms with Crippen LogP contribution in [0.3, 0.4) is 0 Å². The molecule has 18 heavy (non-hydrogen) atoms. The van der Waals surface area contributed by atoms with Crippen molar-refractivity contribution in [3.8, 4) is 0 Å². The van der Waals surface area contributed by atoms with Crippen molar-refractivity contribution in [3.63, 3.8) is 0 Å². The number of rotatable bonds is 5. The quantitative estimate of drug-likeness (QED) is 0.825.